The van der Waals surface area contributed by atoms with E-state index in [0.717, 1.165) is 5.56 Å². The number of carboxylic acid groups (broad SMARTS) is 1. The summed E-state index contributed by atoms with van der Waals surface area (Å²) in [4.78, 5) is 10.2. The first-order valence-corrected chi connectivity index (χ1v) is 5.06. The summed E-state index contributed by atoms with van der Waals surface area (Å²) in [5.74, 6) is -0.815. The first-order chi connectivity index (χ1) is 7.79. The lowest BCUT2D eigenvalue weighted by atomic mass is 10.2. The molecule has 16 heavy (non-hydrogen) atoms. The van der Waals surface area contributed by atoms with E-state index in [2.05, 4.69) is 0 Å². The van der Waals surface area contributed by atoms with Crippen molar-refractivity contribution in [1.82, 2.24) is 0 Å². The Hall–Kier alpha value is -2.09. The van der Waals surface area contributed by atoms with Crippen molar-refractivity contribution >= 4 is 12.0 Å². The highest BCUT2D eigenvalue weighted by atomic mass is 16.4. The van der Waals surface area contributed by atoms with Gasteiger partial charge in [0.1, 0.15) is 0 Å². The van der Waals surface area contributed by atoms with E-state index in [0.29, 0.717) is 0 Å². The monoisotopic (exact) mass is 214 g/mol. The maximum Gasteiger partial charge on any atom is 0.307 e. The molecule has 0 aliphatic heterocycles. The molecule has 0 unspecified atom stereocenters. The highest BCUT2D eigenvalue weighted by Gasteiger charge is 1.86. The van der Waals surface area contributed by atoms with E-state index in [4.69, 9.17) is 5.11 Å². The van der Waals surface area contributed by atoms with Gasteiger partial charge < -0.3 is 5.11 Å². The minimum atomic E-state index is -0.815. The van der Waals surface area contributed by atoms with Crippen LogP contribution >= 0.6 is 0 Å². The summed E-state index contributed by atoms with van der Waals surface area (Å²) in [5, 5.41) is 8.38. The van der Waals surface area contributed by atoms with Crippen LogP contribution in [-0.4, -0.2) is 11.1 Å². The minimum absolute atomic E-state index is 0.0622. The number of hydrogen-bond acceptors (Lipinski definition) is 1. The zero-order valence-electron chi connectivity index (χ0n) is 8.91. The fraction of sp³-hybridized carbons (Fsp3) is 0.0714. The first kappa shape index (κ1) is 12.0. The zero-order valence-corrected chi connectivity index (χ0v) is 8.91. The van der Waals surface area contributed by atoms with Crippen molar-refractivity contribution in [2.24, 2.45) is 0 Å². The molecule has 82 valence electrons. The Balaban J connectivity index is 2.34. The molecule has 0 spiro atoms. The average molecular weight is 214 g/mol. The molecule has 0 atom stereocenters. The van der Waals surface area contributed by atoms with Crippen LogP contribution in [0.2, 0.25) is 0 Å². The molecule has 0 amide bonds. The molecule has 1 N–H and O–H groups in total. The topological polar surface area (TPSA) is 37.3 Å². The van der Waals surface area contributed by atoms with Gasteiger partial charge in [-0.3, -0.25) is 4.79 Å². The van der Waals surface area contributed by atoms with Crippen molar-refractivity contribution in [3.63, 3.8) is 0 Å². The Morgan fingerprint density at radius 2 is 1.75 bits per heavy atom. The standard InChI is InChI=1S/C14H14O2/c15-14(16)12-8-3-1-2-5-9-13-10-6-4-7-11-13/h1-11H,12H2,(H,15,16). The maximum absolute atomic E-state index is 10.2. The van der Waals surface area contributed by atoms with Crippen LogP contribution < -0.4 is 0 Å². The molecule has 0 saturated heterocycles. The minimum Gasteiger partial charge on any atom is -0.481 e. The third-order valence-electron chi connectivity index (χ3n) is 1.85. The van der Waals surface area contributed by atoms with Gasteiger partial charge in [-0.05, 0) is 5.56 Å². The largest absolute Gasteiger partial charge is 0.481 e. The molecule has 1 aromatic rings. The van der Waals surface area contributed by atoms with Crippen LogP contribution in [0.25, 0.3) is 6.08 Å². The van der Waals surface area contributed by atoms with Gasteiger partial charge in [-0.2, -0.15) is 0 Å². The van der Waals surface area contributed by atoms with Crippen LogP contribution in [-0.2, 0) is 4.79 Å². The summed E-state index contributed by atoms with van der Waals surface area (Å²) >= 11 is 0. The fourth-order valence-corrected chi connectivity index (χ4v) is 1.11. The highest BCUT2D eigenvalue weighted by Crippen LogP contribution is 2.00. The van der Waals surface area contributed by atoms with Crippen LogP contribution in [0.15, 0.2) is 60.7 Å². The van der Waals surface area contributed by atoms with Gasteiger partial charge >= 0.3 is 5.97 Å². The SMILES string of the molecule is O=C(O)CC=CC=CC=Cc1ccccc1. The predicted molar refractivity (Wildman–Crippen MR) is 66.0 cm³/mol. The molecule has 0 saturated carbocycles. The lowest BCUT2D eigenvalue weighted by Crippen LogP contribution is -1.89. The Morgan fingerprint density at radius 1 is 1.06 bits per heavy atom. The highest BCUT2D eigenvalue weighted by molar-refractivity contribution is 5.68. The van der Waals surface area contributed by atoms with Crippen molar-refractivity contribution < 1.29 is 9.90 Å². The molecule has 0 aliphatic carbocycles. The van der Waals surface area contributed by atoms with Crippen LogP contribution in [0, 0.1) is 0 Å². The Labute approximate surface area is 95.2 Å². The summed E-state index contributed by atoms with van der Waals surface area (Å²) in [6.45, 7) is 0. The number of allylic oxidation sites excluding steroid dienone is 4. The summed E-state index contributed by atoms with van der Waals surface area (Å²) in [6.07, 6.45) is 11.0. The molecule has 0 aromatic heterocycles. The van der Waals surface area contributed by atoms with E-state index in [1.54, 1.807) is 12.2 Å². The number of aliphatic carboxylic acids is 1. The third kappa shape index (κ3) is 5.60. The van der Waals surface area contributed by atoms with Gasteiger partial charge in [0, 0.05) is 0 Å². The molecule has 0 fully saturated rings. The van der Waals surface area contributed by atoms with E-state index >= 15 is 0 Å². The number of carboxylic acids is 1. The van der Waals surface area contributed by atoms with Crippen molar-refractivity contribution in [2.75, 3.05) is 0 Å². The number of hydrogen-bond donors (Lipinski definition) is 1. The van der Waals surface area contributed by atoms with Gasteiger partial charge in [0.25, 0.3) is 0 Å². The molecule has 0 radical (unpaired) electrons. The van der Waals surface area contributed by atoms with Gasteiger partial charge in [-0.25, -0.2) is 0 Å². The fourth-order valence-electron chi connectivity index (χ4n) is 1.11. The molecular weight excluding hydrogens is 200 g/mol. The third-order valence-corrected chi connectivity index (χ3v) is 1.85. The number of rotatable bonds is 5. The molecule has 2 heteroatoms. The predicted octanol–water partition coefficient (Wildman–Crippen LogP) is 3.29. The second-order valence-corrected chi connectivity index (χ2v) is 3.18. The summed E-state index contributed by atoms with van der Waals surface area (Å²) < 4.78 is 0. The first-order valence-electron chi connectivity index (χ1n) is 5.06. The van der Waals surface area contributed by atoms with Crippen molar-refractivity contribution in [2.45, 2.75) is 6.42 Å². The van der Waals surface area contributed by atoms with Crippen LogP contribution in [0.1, 0.15) is 12.0 Å². The van der Waals surface area contributed by atoms with E-state index in [1.807, 2.05) is 54.6 Å². The Bertz CT molecular complexity index is 400. The Kier molecular flexibility index (Phi) is 5.42. The molecule has 1 rings (SSSR count). The van der Waals surface area contributed by atoms with Gasteiger partial charge in [0.2, 0.25) is 0 Å². The van der Waals surface area contributed by atoms with Gasteiger partial charge in [0.15, 0.2) is 0 Å². The van der Waals surface area contributed by atoms with Crippen molar-refractivity contribution in [3.05, 3.63) is 66.3 Å². The lowest BCUT2D eigenvalue weighted by Gasteiger charge is -1.87. The smallest absolute Gasteiger partial charge is 0.307 e. The summed E-state index contributed by atoms with van der Waals surface area (Å²) in [7, 11) is 0. The zero-order chi connectivity index (χ0) is 11.6. The quantitative estimate of drug-likeness (QED) is 0.764. The summed E-state index contributed by atoms with van der Waals surface area (Å²) in [5.41, 5.74) is 1.14. The van der Waals surface area contributed by atoms with Crippen molar-refractivity contribution in [3.8, 4) is 0 Å². The lowest BCUT2D eigenvalue weighted by molar-refractivity contribution is -0.135. The average Bonchev–Trinajstić information content (AvgIpc) is 2.29. The van der Waals surface area contributed by atoms with Gasteiger partial charge in [0.05, 0.1) is 6.42 Å². The van der Waals surface area contributed by atoms with E-state index < -0.39 is 5.97 Å². The number of benzene rings is 1. The van der Waals surface area contributed by atoms with Crippen LogP contribution in [0.4, 0.5) is 0 Å². The molecule has 1 aromatic carbocycles. The van der Waals surface area contributed by atoms with Gasteiger partial charge in [-0.15, -0.1) is 0 Å². The van der Waals surface area contributed by atoms with Crippen LogP contribution in [0.5, 0.6) is 0 Å². The molecular formula is C14H14O2. The molecule has 0 bridgehead atoms. The molecule has 2 nitrogen and oxygen atoms in total. The normalized spacial score (nSPS) is 11.8. The Morgan fingerprint density at radius 3 is 2.44 bits per heavy atom. The maximum atomic E-state index is 10.2. The molecule has 0 aliphatic rings. The van der Waals surface area contributed by atoms with E-state index in [1.165, 1.54) is 0 Å². The van der Waals surface area contributed by atoms with E-state index in [9.17, 15) is 4.79 Å². The second kappa shape index (κ2) is 7.23. The molecule has 0 heterocycles. The van der Waals surface area contributed by atoms with Crippen LogP contribution in [0.3, 0.4) is 0 Å². The van der Waals surface area contributed by atoms with Crippen molar-refractivity contribution in [1.29, 1.82) is 0 Å². The van der Waals surface area contributed by atoms with Gasteiger partial charge in [-0.1, -0.05) is 66.8 Å². The second-order valence-electron chi connectivity index (χ2n) is 3.18. The summed E-state index contributed by atoms with van der Waals surface area (Å²) in [6, 6.07) is 9.98. The van der Waals surface area contributed by atoms with E-state index in [-0.39, 0.29) is 6.42 Å². The number of carbonyl (C=O) groups is 1.